The Bertz CT molecular complexity index is 932. The summed E-state index contributed by atoms with van der Waals surface area (Å²) in [5.74, 6) is -0.518. The van der Waals surface area contributed by atoms with Crippen molar-refractivity contribution in [3.05, 3.63) is 29.8 Å². The zero-order valence-corrected chi connectivity index (χ0v) is 18.8. The van der Waals surface area contributed by atoms with Crippen LogP contribution in [0.15, 0.2) is 24.3 Å². The summed E-state index contributed by atoms with van der Waals surface area (Å²) in [4.78, 5) is 56.3. The van der Waals surface area contributed by atoms with Gasteiger partial charge in [-0.15, -0.1) is 0 Å². The largest absolute Gasteiger partial charge is 0.464 e. The summed E-state index contributed by atoms with van der Waals surface area (Å²) in [6.07, 6.45) is 4.07. The van der Waals surface area contributed by atoms with Crippen LogP contribution in [0.5, 0.6) is 0 Å². The average Bonchev–Trinajstić information content (AvgIpc) is 3.11. The van der Waals surface area contributed by atoms with E-state index >= 15 is 0 Å². The third kappa shape index (κ3) is 3.76. The summed E-state index contributed by atoms with van der Waals surface area (Å²) in [6.45, 7) is 4.91. The highest BCUT2D eigenvalue weighted by Crippen LogP contribution is 2.44. The fourth-order valence-corrected chi connectivity index (χ4v) is 5.29. The number of hydrogen-bond donors (Lipinski definition) is 0. The topological polar surface area (TPSA) is 87.2 Å². The van der Waals surface area contributed by atoms with Gasteiger partial charge in [-0.3, -0.25) is 19.3 Å². The molecule has 172 valence electrons. The van der Waals surface area contributed by atoms with Gasteiger partial charge in [-0.1, -0.05) is 12.1 Å². The molecule has 2 atom stereocenters. The van der Waals surface area contributed by atoms with Gasteiger partial charge >= 0.3 is 5.97 Å². The molecule has 3 aliphatic heterocycles. The minimum absolute atomic E-state index is 0.0131. The summed E-state index contributed by atoms with van der Waals surface area (Å²) in [5, 5.41) is 0. The molecule has 3 heterocycles. The number of hydrogen-bond acceptors (Lipinski definition) is 5. The van der Waals surface area contributed by atoms with Gasteiger partial charge in [0.25, 0.3) is 5.91 Å². The molecule has 0 aliphatic carbocycles. The summed E-state index contributed by atoms with van der Waals surface area (Å²) >= 11 is 0. The van der Waals surface area contributed by atoms with Crippen molar-refractivity contribution >= 4 is 29.4 Å². The highest BCUT2D eigenvalue weighted by atomic mass is 16.5. The number of para-hydroxylation sites is 1. The predicted molar refractivity (Wildman–Crippen MR) is 118 cm³/mol. The summed E-state index contributed by atoms with van der Waals surface area (Å²) in [6, 6.07) is 6.69. The average molecular weight is 442 g/mol. The Kier molecular flexibility index (Phi) is 6.22. The lowest BCUT2D eigenvalue weighted by Gasteiger charge is -2.48. The third-order valence-corrected chi connectivity index (χ3v) is 6.90. The number of nitrogens with zero attached hydrogens (tertiary/aromatic N) is 3. The lowest BCUT2D eigenvalue weighted by molar-refractivity contribution is -0.156. The standard InChI is InChI=1S/C24H31N3O5/c1-3-32-23(31)19-11-6-7-15-25(19)20(28)12-8-16-26-22(30)17-9-4-5-10-18(17)27-21(29)13-14-24(26,27)2/h4-5,9-10,19H,3,6-8,11-16H2,1-2H3. The Balaban J connectivity index is 1.45. The molecule has 3 amide bonds. The van der Waals surface area contributed by atoms with E-state index in [1.807, 2.05) is 19.1 Å². The van der Waals surface area contributed by atoms with Crippen molar-refractivity contribution in [2.75, 3.05) is 24.6 Å². The Hall–Kier alpha value is -2.90. The second kappa shape index (κ2) is 8.92. The Morgan fingerprint density at radius 2 is 1.97 bits per heavy atom. The quantitative estimate of drug-likeness (QED) is 0.634. The molecule has 0 N–H and O–H groups in total. The van der Waals surface area contributed by atoms with Crippen LogP contribution >= 0.6 is 0 Å². The Morgan fingerprint density at radius 1 is 1.19 bits per heavy atom. The van der Waals surface area contributed by atoms with Crippen molar-refractivity contribution in [2.24, 2.45) is 0 Å². The van der Waals surface area contributed by atoms with Crippen molar-refractivity contribution in [3.63, 3.8) is 0 Å². The van der Waals surface area contributed by atoms with E-state index in [1.54, 1.807) is 33.8 Å². The van der Waals surface area contributed by atoms with Crippen LogP contribution in [0.25, 0.3) is 0 Å². The molecule has 2 saturated heterocycles. The maximum atomic E-state index is 13.3. The zero-order chi connectivity index (χ0) is 22.9. The van der Waals surface area contributed by atoms with Crippen molar-refractivity contribution < 1.29 is 23.9 Å². The minimum Gasteiger partial charge on any atom is -0.464 e. The number of carbonyl (C=O) groups is 4. The normalized spacial score (nSPS) is 24.9. The van der Waals surface area contributed by atoms with Gasteiger partial charge in [0, 0.05) is 25.9 Å². The van der Waals surface area contributed by atoms with Crippen LogP contribution in [0.4, 0.5) is 5.69 Å². The minimum atomic E-state index is -0.718. The molecule has 4 rings (SSSR count). The first kappa shape index (κ1) is 22.3. The third-order valence-electron chi connectivity index (χ3n) is 6.90. The van der Waals surface area contributed by atoms with E-state index in [9.17, 15) is 19.2 Å². The van der Waals surface area contributed by atoms with Gasteiger partial charge < -0.3 is 14.5 Å². The van der Waals surface area contributed by atoms with Crippen LogP contribution in [0, 0.1) is 0 Å². The van der Waals surface area contributed by atoms with E-state index in [0.29, 0.717) is 56.6 Å². The molecule has 0 radical (unpaired) electrons. The van der Waals surface area contributed by atoms with E-state index in [0.717, 1.165) is 12.8 Å². The molecule has 8 heteroatoms. The van der Waals surface area contributed by atoms with Crippen LogP contribution in [-0.4, -0.2) is 64.9 Å². The molecule has 2 unspecified atom stereocenters. The Morgan fingerprint density at radius 3 is 2.75 bits per heavy atom. The number of anilines is 1. The van der Waals surface area contributed by atoms with Gasteiger partial charge in [0.2, 0.25) is 11.8 Å². The maximum absolute atomic E-state index is 13.3. The highest BCUT2D eigenvalue weighted by Gasteiger charge is 2.52. The maximum Gasteiger partial charge on any atom is 0.328 e. The number of fused-ring (bicyclic) bond motifs is 3. The van der Waals surface area contributed by atoms with E-state index in [2.05, 4.69) is 0 Å². The molecule has 32 heavy (non-hydrogen) atoms. The van der Waals surface area contributed by atoms with Crippen molar-refractivity contribution in [3.8, 4) is 0 Å². The second-order valence-corrected chi connectivity index (χ2v) is 8.87. The number of likely N-dealkylation sites (tertiary alicyclic amines) is 1. The number of carbonyl (C=O) groups excluding carboxylic acids is 4. The first-order chi connectivity index (χ1) is 15.4. The lowest BCUT2D eigenvalue weighted by Crippen LogP contribution is -2.62. The molecule has 0 saturated carbocycles. The molecule has 0 spiro atoms. The number of rotatable bonds is 6. The fraction of sp³-hybridized carbons (Fsp3) is 0.583. The predicted octanol–water partition coefficient (Wildman–Crippen LogP) is 2.71. The first-order valence-electron chi connectivity index (χ1n) is 11.6. The van der Waals surface area contributed by atoms with Crippen molar-refractivity contribution in [2.45, 2.75) is 70.5 Å². The summed E-state index contributed by atoms with van der Waals surface area (Å²) in [7, 11) is 0. The second-order valence-electron chi connectivity index (χ2n) is 8.87. The molecule has 0 aromatic heterocycles. The molecule has 0 bridgehead atoms. The smallest absolute Gasteiger partial charge is 0.328 e. The molecule has 1 aromatic carbocycles. The van der Waals surface area contributed by atoms with Gasteiger partial charge in [-0.2, -0.15) is 0 Å². The van der Waals surface area contributed by atoms with Crippen LogP contribution < -0.4 is 4.90 Å². The number of piperidine rings is 1. The van der Waals surface area contributed by atoms with E-state index in [1.165, 1.54) is 0 Å². The van der Waals surface area contributed by atoms with Crippen LogP contribution in [-0.2, 0) is 19.1 Å². The lowest BCUT2D eigenvalue weighted by atomic mass is 9.97. The molecule has 3 aliphatic rings. The van der Waals surface area contributed by atoms with Crippen LogP contribution in [0.1, 0.15) is 69.2 Å². The number of amides is 3. The van der Waals surface area contributed by atoms with Crippen LogP contribution in [0.2, 0.25) is 0 Å². The molecular formula is C24H31N3O5. The SMILES string of the molecule is CCOC(=O)C1CCCCN1C(=O)CCCN1C(=O)c2ccccc2N2C(=O)CCC12C. The van der Waals surface area contributed by atoms with Gasteiger partial charge in [-0.05, 0) is 58.1 Å². The number of ether oxygens (including phenoxy) is 1. The summed E-state index contributed by atoms with van der Waals surface area (Å²) < 4.78 is 5.16. The van der Waals surface area contributed by atoms with Gasteiger partial charge in [0.05, 0.1) is 17.9 Å². The van der Waals surface area contributed by atoms with E-state index in [-0.39, 0.29) is 30.1 Å². The molecule has 1 aromatic rings. The van der Waals surface area contributed by atoms with Crippen molar-refractivity contribution in [1.82, 2.24) is 9.80 Å². The van der Waals surface area contributed by atoms with E-state index < -0.39 is 11.7 Å². The van der Waals surface area contributed by atoms with Gasteiger partial charge in [0.15, 0.2) is 0 Å². The van der Waals surface area contributed by atoms with Gasteiger partial charge in [-0.25, -0.2) is 4.79 Å². The Labute approximate surface area is 188 Å². The fourth-order valence-electron chi connectivity index (χ4n) is 5.29. The van der Waals surface area contributed by atoms with Gasteiger partial charge in [0.1, 0.15) is 11.7 Å². The highest BCUT2D eigenvalue weighted by molar-refractivity contribution is 6.10. The van der Waals surface area contributed by atoms with E-state index in [4.69, 9.17) is 4.74 Å². The molecule has 8 nitrogen and oxygen atoms in total. The number of benzene rings is 1. The van der Waals surface area contributed by atoms with Crippen LogP contribution in [0.3, 0.4) is 0 Å². The monoisotopic (exact) mass is 441 g/mol. The molecule has 2 fully saturated rings. The number of esters is 1. The van der Waals surface area contributed by atoms with Crippen molar-refractivity contribution in [1.29, 1.82) is 0 Å². The summed E-state index contributed by atoms with van der Waals surface area (Å²) in [5.41, 5.74) is 0.467. The first-order valence-corrected chi connectivity index (χ1v) is 11.6. The molecular weight excluding hydrogens is 410 g/mol. The zero-order valence-electron chi connectivity index (χ0n) is 18.8.